The summed E-state index contributed by atoms with van der Waals surface area (Å²) in [7, 11) is 1.60. The number of anilines is 1. The van der Waals surface area contributed by atoms with Crippen molar-refractivity contribution in [3.63, 3.8) is 0 Å². The molecule has 0 atom stereocenters. The number of fused-ring (bicyclic) bond motifs is 1. The number of likely N-dealkylation sites (N-methyl/N-ethyl adjacent to an activating group) is 1. The number of nitrogens with zero attached hydrogens (tertiary/aromatic N) is 1. The lowest BCUT2D eigenvalue weighted by atomic mass is 10.1. The molecule has 0 aliphatic carbocycles. The van der Waals surface area contributed by atoms with Crippen LogP contribution in [-0.4, -0.2) is 18.7 Å². The average molecular weight is 165 g/mol. The third kappa shape index (κ3) is 0.704. The topological polar surface area (TPSA) is 37.4 Å². The molecule has 0 unspecified atom stereocenters. The van der Waals surface area contributed by atoms with Crippen LogP contribution in [0.4, 0.5) is 5.69 Å². The van der Waals surface area contributed by atoms with Crippen molar-refractivity contribution in [2.75, 3.05) is 11.9 Å². The standard InChI is InChI=1S/C9H7NO2/c1-10-7-5-3-2-4-6(7)8(11)9(10)12/h2-5H,1H3/i11+2,12+2. The zero-order chi connectivity index (χ0) is 8.72. The molecule has 1 aliphatic rings. The molecule has 3 heteroatoms. The van der Waals surface area contributed by atoms with Crippen LogP contribution in [0.3, 0.4) is 0 Å². The number of Topliss-reactive ketones (excluding diaryl/α,β-unsaturated/α-hetero) is 1. The number of hydrogen-bond donors (Lipinski definition) is 0. The zero-order valence-electron chi connectivity index (χ0n) is 6.57. The Morgan fingerprint density at radius 3 is 2.50 bits per heavy atom. The van der Waals surface area contributed by atoms with Crippen molar-refractivity contribution in [2.24, 2.45) is 0 Å². The van der Waals surface area contributed by atoms with Gasteiger partial charge in [-0.1, -0.05) is 12.1 Å². The monoisotopic (exact) mass is 165 g/mol. The number of amides is 1. The molecule has 0 saturated carbocycles. The second-order valence-electron chi connectivity index (χ2n) is 2.71. The second-order valence-corrected chi connectivity index (χ2v) is 2.71. The summed E-state index contributed by atoms with van der Waals surface area (Å²) in [6.07, 6.45) is 0. The summed E-state index contributed by atoms with van der Waals surface area (Å²) in [6, 6.07) is 6.99. The van der Waals surface area contributed by atoms with Crippen molar-refractivity contribution in [1.82, 2.24) is 0 Å². The highest BCUT2D eigenvalue weighted by Gasteiger charge is 2.32. The highest BCUT2D eigenvalue weighted by Crippen LogP contribution is 2.26. The van der Waals surface area contributed by atoms with Gasteiger partial charge in [-0.3, -0.25) is 9.59 Å². The number of carbonyl (C=O) groups excluding carboxylic acids is 2. The van der Waals surface area contributed by atoms with E-state index >= 15 is 0 Å². The van der Waals surface area contributed by atoms with Gasteiger partial charge in [0.05, 0.1) is 11.3 Å². The number of para-hydroxylation sites is 1. The lowest BCUT2D eigenvalue weighted by Crippen LogP contribution is -2.24. The van der Waals surface area contributed by atoms with Crippen LogP contribution in [0.5, 0.6) is 0 Å². The summed E-state index contributed by atoms with van der Waals surface area (Å²) in [5.74, 6) is -0.857. The summed E-state index contributed by atoms with van der Waals surface area (Å²) in [5, 5.41) is 0. The Hall–Kier alpha value is -1.64. The Balaban J connectivity index is 2.67. The lowest BCUT2D eigenvalue weighted by molar-refractivity contribution is -0.114. The van der Waals surface area contributed by atoms with E-state index in [1.165, 1.54) is 4.90 Å². The first kappa shape index (κ1) is 7.03. The first-order chi connectivity index (χ1) is 5.72. The fourth-order valence-electron chi connectivity index (χ4n) is 1.34. The van der Waals surface area contributed by atoms with Gasteiger partial charge in [0.2, 0.25) is 0 Å². The molecule has 1 aromatic rings. The van der Waals surface area contributed by atoms with Crippen molar-refractivity contribution in [2.45, 2.75) is 0 Å². The molecule has 1 aromatic carbocycles. The molecule has 1 aliphatic heterocycles. The highest BCUT2D eigenvalue weighted by atomic mass is 18.1. The normalized spacial score (nSPS) is 15.2. The minimum atomic E-state index is -0.448. The van der Waals surface area contributed by atoms with Crippen LogP contribution in [0, 0.1) is 0 Å². The van der Waals surface area contributed by atoms with Crippen LogP contribution < -0.4 is 4.90 Å². The van der Waals surface area contributed by atoms with Crippen molar-refractivity contribution in [3.05, 3.63) is 29.8 Å². The van der Waals surface area contributed by atoms with Gasteiger partial charge in [0, 0.05) is 7.05 Å². The SMILES string of the molecule is CN1C(=[18O])C(=[18O])c2ccccc21. The Morgan fingerprint density at radius 1 is 1.17 bits per heavy atom. The van der Waals surface area contributed by atoms with Crippen LogP contribution >= 0.6 is 0 Å². The molecule has 0 radical (unpaired) electrons. The van der Waals surface area contributed by atoms with E-state index in [0.29, 0.717) is 11.3 Å². The Bertz CT molecular complexity index is 371. The molecule has 12 heavy (non-hydrogen) atoms. The van der Waals surface area contributed by atoms with Crippen molar-refractivity contribution in [3.8, 4) is 0 Å². The van der Waals surface area contributed by atoms with Crippen LogP contribution in [0.1, 0.15) is 10.4 Å². The lowest BCUT2D eigenvalue weighted by Gasteiger charge is -2.06. The molecule has 0 aromatic heterocycles. The van der Waals surface area contributed by atoms with E-state index in [1.54, 1.807) is 31.3 Å². The molecule has 0 bridgehead atoms. The number of hydrogen-bond acceptors (Lipinski definition) is 2. The van der Waals surface area contributed by atoms with Crippen LogP contribution in [0.15, 0.2) is 24.3 Å². The first-order valence-corrected chi connectivity index (χ1v) is 3.63. The average Bonchev–Trinajstić information content (AvgIpc) is 2.33. The van der Waals surface area contributed by atoms with E-state index in [9.17, 15) is 9.59 Å². The predicted molar refractivity (Wildman–Crippen MR) is 44.2 cm³/mol. The van der Waals surface area contributed by atoms with Crippen LogP contribution in [-0.2, 0) is 4.79 Å². The Kier molecular flexibility index (Phi) is 1.27. The second kappa shape index (κ2) is 2.17. The molecule has 60 valence electrons. The van der Waals surface area contributed by atoms with Gasteiger partial charge >= 0.3 is 0 Å². The smallest absolute Gasteiger partial charge is 0.299 e. The van der Waals surface area contributed by atoms with Crippen molar-refractivity contribution in [1.29, 1.82) is 0 Å². The maximum atomic E-state index is 11.2. The van der Waals surface area contributed by atoms with Gasteiger partial charge in [-0.25, -0.2) is 0 Å². The molecule has 0 saturated heterocycles. The largest absolute Gasteiger partial charge is 0.308 e. The molecule has 0 spiro atoms. The van der Waals surface area contributed by atoms with E-state index in [0.717, 1.165) is 0 Å². The molecular formula is C9H7NO2. The summed E-state index contributed by atoms with van der Waals surface area (Å²) in [4.78, 5) is 23.7. The molecule has 1 amide bonds. The number of carbonyl (C=O) groups is 2. The van der Waals surface area contributed by atoms with Gasteiger partial charge in [0.25, 0.3) is 11.7 Å². The maximum Gasteiger partial charge on any atom is 0.299 e. The van der Waals surface area contributed by atoms with Gasteiger partial charge in [-0.15, -0.1) is 0 Å². The summed E-state index contributed by atoms with van der Waals surface area (Å²) in [6.45, 7) is 0. The van der Waals surface area contributed by atoms with Gasteiger partial charge in [0.1, 0.15) is 0 Å². The van der Waals surface area contributed by atoms with E-state index < -0.39 is 11.7 Å². The van der Waals surface area contributed by atoms with Gasteiger partial charge in [-0.2, -0.15) is 0 Å². The van der Waals surface area contributed by atoms with E-state index in [2.05, 4.69) is 0 Å². The van der Waals surface area contributed by atoms with E-state index in [1.807, 2.05) is 0 Å². The molecular weight excluding hydrogens is 158 g/mol. The minimum Gasteiger partial charge on any atom is -0.308 e. The minimum absolute atomic E-state index is 0.409. The maximum absolute atomic E-state index is 11.2. The summed E-state index contributed by atoms with van der Waals surface area (Å²) in [5.41, 5.74) is 1.21. The third-order valence-corrected chi connectivity index (χ3v) is 2.01. The van der Waals surface area contributed by atoms with Gasteiger partial charge < -0.3 is 4.90 Å². The zero-order valence-corrected chi connectivity index (χ0v) is 6.57. The molecule has 3 nitrogen and oxygen atoms in total. The number of rotatable bonds is 0. The summed E-state index contributed by atoms with van der Waals surface area (Å²) >= 11 is 0. The molecule has 0 N–H and O–H groups in total. The highest BCUT2D eigenvalue weighted by molar-refractivity contribution is 6.52. The molecule has 0 fully saturated rings. The van der Waals surface area contributed by atoms with Gasteiger partial charge in [0.15, 0.2) is 0 Å². The fraction of sp³-hybridized carbons (Fsp3) is 0.111. The van der Waals surface area contributed by atoms with Crippen molar-refractivity contribution < 1.29 is 9.59 Å². The number of benzene rings is 1. The quantitative estimate of drug-likeness (QED) is 0.422. The van der Waals surface area contributed by atoms with Crippen LogP contribution in [0.2, 0.25) is 0 Å². The van der Waals surface area contributed by atoms with Crippen LogP contribution in [0.25, 0.3) is 0 Å². The van der Waals surface area contributed by atoms with Gasteiger partial charge in [-0.05, 0) is 12.1 Å². The van der Waals surface area contributed by atoms with Crippen molar-refractivity contribution >= 4 is 17.4 Å². The van der Waals surface area contributed by atoms with E-state index in [4.69, 9.17) is 0 Å². The first-order valence-electron chi connectivity index (χ1n) is 3.63. The van der Waals surface area contributed by atoms with E-state index in [-0.39, 0.29) is 0 Å². The summed E-state index contributed by atoms with van der Waals surface area (Å²) < 4.78 is 0. The fourth-order valence-corrected chi connectivity index (χ4v) is 1.34. The molecule has 1 heterocycles. The Morgan fingerprint density at radius 2 is 1.83 bits per heavy atom. The molecule has 2 rings (SSSR count). The Labute approximate surface area is 69.6 Å². The predicted octanol–water partition coefficient (Wildman–Crippen LogP) is 0.846. The number of ketones is 1. The third-order valence-electron chi connectivity index (χ3n) is 2.01.